The molecule has 0 bridgehead atoms. The zero-order valence-corrected chi connectivity index (χ0v) is 11.2. The maximum Gasteiger partial charge on any atom is 0.148 e. The van der Waals surface area contributed by atoms with Crippen molar-refractivity contribution in [1.82, 2.24) is 19.9 Å². The smallest absolute Gasteiger partial charge is 0.148 e. The molecule has 1 atom stereocenters. The molecule has 0 radical (unpaired) electrons. The third kappa shape index (κ3) is 2.39. The van der Waals surface area contributed by atoms with Gasteiger partial charge in [0.15, 0.2) is 0 Å². The average molecular weight is 282 g/mol. The van der Waals surface area contributed by atoms with Crippen LogP contribution in [0.15, 0.2) is 12.5 Å². The lowest BCUT2D eigenvalue weighted by atomic mass is 10.1. The molecular weight excluding hydrogens is 266 g/mol. The van der Waals surface area contributed by atoms with Crippen LogP contribution in [0, 0.1) is 0 Å². The van der Waals surface area contributed by atoms with Crippen LogP contribution in [-0.4, -0.2) is 38.8 Å². The lowest BCUT2D eigenvalue weighted by Crippen LogP contribution is -2.38. The van der Waals surface area contributed by atoms with Gasteiger partial charge >= 0.3 is 0 Å². The van der Waals surface area contributed by atoms with E-state index in [9.17, 15) is 5.11 Å². The third-order valence-electron chi connectivity index (χ3n) is 3.40. The number of aliphatic hydroxyl groups excluding tert-OH is 1. The number of piperidine rings is 1. The molecule has 7 heteroatoms. The van der Waals surface area contributed by atoms with Crippen molar-refractivity contribution in [2.45, 2.75) is 25.6 Å². The molecule has 0 aliphatic carbocycles. The van der Waals surface area contributed by atoms with Crippen LogP contribution >= 0.6 is 11.6 Å². The zero-order chi connectivity index (χ0) is 13.2. The van der Waals surface area contributed by atoms with Crippen molar-refractivity contribution in [2.75, 3.05) is 18.4 Å². The van der Waals surface area contributed by atoms with E-state index in [1.165, 1.54) is 6.33 Å². The fraction of sp³-hybridized carbons (Fsp3) is 0.500. The van der Waals surface area contributed by atoms with Gasteiger partial charge in [0.05, 0.1) is 10.4 Å². The predicted octanol–water partition coefficient (Wildman–Crippen LogP) is 1.20. The summed E-state index contributed by atoms with van der Waals surface area (Å²) in [5.41, 5.74) is 0.647. The molecule has 3 rings (SSSR count). The Morgan fingerprint density at radius 1 is 1.53 bits per heavy atom. The van der Waals surface area contributed by atoms with E-state index in [1.54, 1.807) is 10.8 Å². The molecule has 0 aromatic carbocycles. The largest absolute Gasteiger partial charge is 0.376 e. The molecular formula is C12H16ClN5O. The maximum absolute atomic E-state index is 9.27. The molecule has 1 aliphatic heterocycles. The summed E-state index contributed by atoms with van der Waals surface area (Å²) in [5.74, 6) is 0.732. The Morgan fingerprint density at radius 2 is 2.42 bits per heavy atom. The Kier molecular flexibility index (Phi) is 3.54. The molecule has 0 amide bonds. The first-order valence-electron chi connectivity index (χ1n) is 6.37. The normalized spacial score (nSPS) is 19.8. The van der Waals surface area contributed by atoms with Gasteiger partial charge in [0.25, 0.3) is 0 Å². The molecule has 3 heterocycles. The van der Waals surface area contributed by atoms with Crippen LogP contribution in [0.2, 0.25) is 5.02 Å². The summed E-state index contributed by atoms with van der Waals surface area (Å²) in [6.07, 6.45) is 5.42. The van der Waals surface area contributed by atoms with Crippen LogP contribution < -0.4 is 10.6 Å². The SMILES string of the molecule is OCn1cc(Cl)c2c(N[C@@H]3CCCNC3)ncnc21. The van der Waals surface area contributed by atoms with Gasteiger partial charge in [-0.1, -0.05) is 11.6 Å². The van der Waals surface area contributed by atoms with Gasteiger partial charge in [0, 0.05) is 18.8 Å². The van der Waals surface area contributed by atoms with E-state index < -0.39 is 0 Å². The molecule has 1 aliphatic rings. The Bertz CT molecular complexity index is 579. The van der Waals surface area contributed by atoms with E-state index in [0.29, 0.717) is 16.7 Å². The number of hydrogen-bond donors (Lipinski definition) is 3. The molecule has 2 aromatic heterocycles. The predicted molar refractivity (Wildman–Crippen MR) is 74.3 cm³/mol. The number of hydrogen-bond acceptors (Lipinski definition) is 5. The van der Waals surface area contributed by atoms with E-state index in [1.807, 2.05) is 0 Å². The molecule has 2 aromatic rings. The van der Waals surface area contributed by atoms with E-state index in [-0.39, 0.29) is 6.73 Å². The standard InChI is InChI=1S/C12H16ClN5O/c13-9-5-18(7-19)12-10(9)11(15-6-16-12)17-8-2-1-3-14-4-8/h5-6,8,14,19H,1-4,7H2,(H,15,16,17)/t8-/m1/s1. The van der Waals surface area contributed by atoms with Gasteiger partial charge in [-0.15, -0.1) is 0 Å². The van der Waals surface area contributed by atoms with Gasteiger partial charge in [0.2, 0.25) is 0 Å². The Morgan fingerprint density at radius 3 is 3.16 bits per heavy atom. The number of halogens is 1. The second-order valence-corrected chi connectivity index (χ2v) is 5.10. The molecule has 1 fully saturated rings. The van der Waals surface area contributed by atoms with E-state index in [0.717, 1.165) is 37.1 Å². The van der Waals surface area contributed by atoms with Crippen LogP contribution in [0.4, 0.5) is 5.82 Å². The van der Waals surface area contributed by atoms with Crippen molar-refractivity contribution < 1.29 is 5.11 Å². The van der Waals surface area contributed by atoms with Gasteiger partial charge in [-0.3, -0.25) is 0 Å². The quantitative estimate of drug-likeness (QED) is 0.788. The van der Waals surface area contributed by atoms with Crippen molar-refractivity contribution in [1.29, 1.82) is 0 Å². The van der Waals surface area contributed by atoms with Gasteiger partial charge in [-0.2, -0.15) is 0 Å². The number of aromatic nitrogens is 3. The van der Waals surface area contributed by atoms with Gasteiger partial charge in [-0.05, 0) is 19.4 Å². The molecule has 0 unspecified atom stereocenters. The second kappa shape index (κ2) is 5.32. The molecule has 102 valence electrons. The lowest BCUT2D eigenvalue weighted by molar-refractivity contribution is 0.215. The van der Waals surface area contributed by atoms with E-state index in [2.05, 4.69) is 20.6 Å². The van der Waals surface area contributed by atoms with E-state index in [4.69, 9.17) is 11.6 Å². The number of nitrogens with one attached hydrogen (secondary N) is 2. The van der Waals surface area contributed by atoms with Crippen LogP contribution in [0.1, 0.15) is 12.8 Å². The molecule has 3 N–H and O–H groups in total. The summed E-state index contributed by atoms with van der Waals surface area (Å²) in [6.45, 7) is 1.84. The number of aliphatic hydroxyl groups is 1. The fourth-order valence-corrected chi connectivity index (χ4v) is 2.75. The summed E-state index contributed by atoms with van der Waals surface area (Å²) < 4.78 is 1.60. The van der Waals surface area contributed by atoms with Crippen molar-refractivity contribution in [2.24, 2.45) is 0 Å². The topological polar surface area (TPSA) is 75.0 Å². The highest BCUT2D eigenvalue weighted by Gasteiger charge is 2.17. The highest BCUT2D eigenvalue weighted by atomic mass is 35.5. The second-order valence-electron chi connectivity index (χ2n) is 4.70. The first-order valence-corrected chi connectivity index (χ1v) is 6.75. The fourth-order valence-electron chi connectivity index (χ4n) is 2.46. The van der Waals surface area contributed by atoms with E-state index >= 15 is 0 Å². The molecule has 19 heavy (non-hydrogen) atoms. The van der Waals surface area contributed by atoms with Crippen molar-refractivity contribution >= 4 is 28.5 Å². The summed E-state index contributed by atoms with van der Waals surface area (Å²) in [7, 11) is 0. The van der Waals surface area contributed by atoms with Crippen LogP contribution in [-0.2, 0) is 6.73 Å². The van der Waals surface area contributed by atoms with Gasteiger partial charge in [0.1, 0.15) is 24.5 Å². The maximum atomic E-state index is 9.27. The third-order valence-corrected chi connectivity index (χ3v) is 3.68. The summed E-state index contributed by atoms with van der Waals surface area (Å²) in [5, 5.41) is 17.4. The Balaban J connectivity index is 1.96. The molecule has 0 saturated carbocycles. The van der Waals surface area contributed by atoms with Crippen molar-refractivity contribution in [3.8, 4) is 0 Å². The molecule has 0 spiro atoms. The molecule has 6 nitrogen and oxygen atoms in total. The Hall–Kier alpha value is -1.37. The highest BCUT2D eigenvalue weighted by molar-refractivity contribution is 6.36. The first kappa shape index (κ1) is 12.7. The monoisotopic (exact) mass is 281 g/mol. The van der Waals surface area contributed by atoms with Crippen LogP contribution in [0.25, 0.3) is 11.0 Å². The van der Waals surface area contributed by atoms with Crippen molar-refractivity contribution in [3.05, 3.63) is 17.5 Å². The summed E-state index contributed by atoms with van der Waals surface area (Å²) in [6, 6.07) is 0.348. The minimum atomic E-state index is -0.148. The number of rotatable bonds is 3. The highest BCUT2D eigenvalue weighted by Crippen LogP contribution is 2.30. The van der Waals surface area contributed by atoms with Crippen LogP contribution in [0.3, 0.4) is 0 Å². The number of fused-ring (bicyclic) bond motifs is 1. The zero-order valence-electron chi connectivity index (χ0n) is 10.4. The summed E-state index contributed by atoms with van der Waals surface area (Å²) in [4.78, 5) is 8.46. The van der Waals surface area contributed by atoms with Gasteiger partial charge in [-0.25, -0.2) is 9.97 Å². The average Bonchev–Trinajstić information content (AvgIpc) is 2.78. The minimum Gasteiger partial charge on any atom is -0.376 e. The Labute approximate surface area is 115 Å². The minimum absolute atomic E-state index is 0.148. The number of anilines is 1. The van der Waals surface area contributed by atoms with Crippen LogP contribution in [0.5, 0.6) is 0 Å². The number of nitrogens with zero attached hydrogens (tertiary/aromatic N) is 3. The lowest BCUT2D eigenvalue weighted by Gasteiger charge is -2.24. The summed E-state index contributed by atoms with van der Waals surface area (Å²) >= 11 is 6.21. The van der Waals surface area contributed by atoms with Gasteiger partial charge < -0.3 is 20.3 Å². The first-order chi connectivity index (χ1) is 9.29. The van der Waals surface area contributed by atoms with Crippen molar-refractivity contribution in [3.63, 3.8) is 0 Å². The molecule has 1 saturated heterocycles.